The summed E-state index contributed by atoms with van der Waals surface area (Å²) in [5, 5.41) is 4.47. The highest BCUT2D eigenvalue weighted by Gasteiger charge is 2.31. The Kier molecular flexibility index (Phi) is 7.39. The van der Waals surface area contributed by atoms with Crippen LogP contribution in [0.3, 0.4) is 0 Å². The highest BCUT2D eigenvalue weighted by molar-refractivity contribution is 7.80. The third-order valence-electron chi connectivity index (χ3n) is 5.59. The van der Waals surface area contributed by atoms with Crippen LogP contribution in [-0.2, 0) is 14.3 Å². The molecule has 2 fully saturated rings. The molecule has 170 valence electrons. The lowest BCUT2D eigenvalue weighted by Gasteiger charge is -2.37. The second-order valence-electron chi connectivity index (χ2n) is 7.68. The van der Waals surface area contributed by atoms with E-state index < -0.39 is 0 Å². The van der Waals surface area contributed by atoms with Crippen LogP contribution in [0, 0.1) is 0 Å². The van der Waals surface area contributed by atoms with Gasteiger partial charge in [0.15, 0.2) is 5.11 Å². The molecule has 2 aliphatic heterocycles. The summed E-state index contributed by atoms with van der Waals surface area (Å²) < 4.78 is 10.8. The number of esters is 1. The fourth-order valence-electron chi connectivity index (χ4n) is 3.87. The molecule has 0 saturated carbocycles. The van der Waals surface area contributed by atoms with Crippen molar-refractivity contribution in [3.05, 3.63) is 42.0 Å². The highest BCUT2D eigenvalue weighted by Crippen LogP contribution is 2.36. The van der Waals surface area contributed by atoms with Crippen LogP contribution in [0.15, 0.2) is 36.4 Å². The standard InChI is InChI=1S/C23H27N3O4S2/c1-2-29-22(28)17-15-19(16-7-4-3-5-8-16)32-20(17)24-23(31)26-12-10-25(11-13-26)21(27)18-9-6-14-30-18/h3-5,7-8,15,18H,2,6,9-14H2,1H3,(H,24,31)/t18-/m1/s1. The summed E-state index contributed by atoms with van der Waals surface area (Å²) in [5.74, 6) is -0.292. The van der Waals surface area contributed by atoms with Gasteiger partial charge < -0.3 is 24.6 Å². The molecule has 1 aromatic carbocycles. The quantitative estimate of drug-likeness (QED) is 0.525. The number of nitrogens with one attached hydrogen (secondary N) is 1. The summed E-state index contributed by atoms with van der Waals surface area (Å²) in [5.41, 5.74) is 1.51. The van der Waals surface area contributed by atoms with E-state index in [1.54, 1.807) is 6.92 Å². The topological polar surface area (TPSA) is 71.1 Å². The lowest BCUT2D eigenvalue weighted by atomic mass is 10.1. The molecule has 3 heterocycles. The maximum Gasteiger partial charge on any atom is 0.341 e. The molecular weight excluding hydrogens is 446 g/mol. The molecule has 2 saturated heterocycles. The first-order valence-electron chi connectivity index (χ1n) is 10.9. The van der Waals surface area contributed by atoms with Crippen LogP contribution >= 0.6 is 23.6 Å². The highest BCUT2D eigenvalue weighted by atomic mass is 32.1. The number of anilines is 1. The van der Waals surface area contributed by atoms with Crippen molar-refractivity contribution < 1.29 is 19.1 Å². The number of nitrogens with zero attached hydrogens (tertiary/aromatic N) is 2. The molecule has 7 nitrogen and oxygen atoms in total. The zero-order chi connectivity index (χ0) is 22.5. The van der Waals surface area contributed by atoms with Gasteiger partial charge in [-0.3, -0.25) is 4.79 Å². The lowest BCUT2D eigenvalue weighted by Crippen LogP contribution is -2.53. The van der Waals surface area contributed by atoms with E-state index in [1.807, 2.05) is 46.2 Å². The average Bonchev–Trinajstić information content (AvgIpc) is 3.50. The molecule has 2 aromatic rings. The number of thiocarbonyl (C=S) groups is 1. The van der Waals surface area contributed by atoms with Gasteiger partial charge in [0.05, 0.1) is 12.2 Å². The van der Waals surface area contributed by atoms with Crippen molar-refractivity contribution in [2.75, 3.05) is 44.7 Å². The number of carbonyl (C=O) groups excluding carboxylic acids is 2. The first-order chi connectivity index (χ1) is 15.6. The zero-order valence-corrected chi connectivity index (χ0v) is 19.7. The van der Waals surface area contributed by atoms with Gasteiger partial charge in [0, 0.05) is 37.7 Å². The molecule has 32 heavy (non-hydrogen) atoms. The van der Waals surface area contributed by atoms with Gasteiger partial charge in [-0.2, -0.15) is 0 Å². The van der Waals surface area contributed by atoms with Gasteiger partial charge in [0.25, 0.3) is 5.91 Å². The van der Waals surface area contributed by atoms with Crippen molar-refractivity contribution in [2.24, 2.45) is 0 Å². The predicted octanol–water partition coefficient (Wildman–Crippen LogP) is 3.61. The van der Waals surface area contributed by atoms with Crippen molar-refractivity contribution in [1.82, 2.24) is 9.80 Å². The van der Waals surface area contributed by atoms with E-state index in [0.717, 1.165) is 23.3 Å². The normalized spacial score (nSPS) is 18.5. The molecular formula is C23H27N3O4S2. The summed E-state index contributed by atoms with van der Waals surface area (Å²) in [6.45, 7) is 5.23. The van der Waals surface area contributed by atoms with Crippen LogP contribution in [0.4, 0.5) is 5.00 Å². The Bertz CT molecular complexity index is 965. The molecule has 1 atom stereocenters. The molecule has 0 radical (unpaired) electrons. The number of hydrogen-bond donors (Lipinski definition) is 1. The Morgan fingerprint density at radius 3 is 2.56 bits per heavy atom. The third kappa shape index (κ3) is 5.11. The largest absolute Gasteiger partial charge is 0.462 e. The number of piperazine rings is 1. The van der Waals surface area contributed by atoms with E-state index in [9.17, 15) is 9.59 Å². The lowest BCUT2D eigenvalue weighted by molar-refractivity contribution is -0.142. The smallest absolute Gasteiger partial charge is 0.341 e. The summed E-state index contributed by atoms with van der Waals surface area (Å²) >= 11 is 7.12. The van der Waals surface area contributed by atoms with Crippen molar-refractivity contribution >= 4 is 45.5 Å². The third-order valence-corrected chi connectivity index (χ3v) is 7.05. The van der Waals surface area contributed by atoms with Crippen molar-refractivity contribution in [3.8, 4) is 10.4 Å². The molecule has 0 unspecified atom stereocenters. The van der Waals surface area contributed by atoms with Gasteiger partial charge in [0.1, 0.15) is 11.1 Å². The Balaban J connectivity index is 1.42. The van der Waals surface area contributed by atoms with Gasteiger partial charge in [-0.25, -0.2) is 4.79 Å². The van der Waals surface area contributed by atoms with E-state index in [0.29, 0.717) is 55.1 Å². The van der Waals surface area contributed by atoms with Crippen molar-refractivity contribution in [1.29, 1.82) is 0 Å². The summed E-state index contributed by atoms with van der Waals surface area (Å²) in [6, 6.07) is 11.8. The zero-order valence-electron chi connectivity index (χ0n) is 18.0. The Hall–Kier alpha value is -2.49. The summed E-state index contributed by atoms with van der Waals surface area (Å²) in [6.07, 6.45) is 1.46. The number of rotatable bonds is 5. The first-order valence-corrected chi connectivity index (χ1v) is 12.1. The molecule has 4 rings (SSSR count). The SMILES string of the molecule is CCOC(=O)c1cc(-c2ccccc2)sc1NC(=S)N1CCN(C(=O)[C@H]2CCCO2)CC1. The van der Waals surface area contributed by atoms with E-state index in [1.165, 1.54) is 11.3 Å². The summed E-state index contributed by atoms with van der Waals surface area (Å²) in [4.78, 5) is 30.0. The van der Waals surface area contributed by atoms with Gasteiger partial charge >= 0.3 is 5.97 Å². The number of thiophene rings is 1. The Labute approximate surface area is 197 Å². The summed E-state index contributed by atoms with van der Waals surface area (Å²) in [7, 11) is 0. The van der Waals surface area contributed by atoms with E-state index in [4.69, 9.17) is 21.7 Å². The van der Waals surface area contributed by atoms with Gasteiger partial charge in [-0.15, -0.1) is 11.3 Å². The minimum atomic E-state index is -0.372. The maximum atomic E-state index is 12.6. The van der Waals surface area contributed by atoms with Crippen LogP contribution in [0.2, 0.25) is 0 Å². The molecule has 9 heteroatoms. The van der Waals surface area contributed by atoms with E-state index in [2.05, 4.69) is 5.32 Å². The molecule has 0 spiro atoms. The average molecular weight is 474 g/mol. The van der Waals surface area contributed by atoms with Gasteiger partial charge in [0.2, 0.25) is 0 Å². The molecule has 1 aromatic heterocycles. The van der Waals surface area contributed by atoms with Crippen molar-refractivity contribution in [3.63, 3.8) is 0 Å². The van der Waals surface area contributed by atoms with Crippen LogP contribution in [0.5, 0.6) is 0 Å². The second kappa shape index (κ2) is 10.4. The second-order valence-corrected chi connectivity index (χ2v) is 9.12. The Morgan fingerprint density at radius 1 is 1.19 bits per heavy atom. The Morgan fingerprint density at radius 2 is 1.91 bits per heavy atom. The number of amides is 1. The number of ether oxygens (including phenoxy) is 2. The minimum Gasteiger partial charge on any atom is -0.462 e. The monoisotopic (exact) mass is 473 g/mol. The van der Waals surface area contributed by atoms with Crippen LogP contribution < -0.4 is 5.32 Å². The number of carbonyl (C=O) groups is 2. The molecule has 1 N–H and O–H groups in total. The van der Waals surface area contributed by atoms with Crippen LogP contribution in [-0.4, -0.2) is 72.3 Å². The predicted molar refractivity (Wildman–Crippen MR) is 129 cm³/mol. The number of benzene rings is 1. The van der Waals surface area contributed by atoms with E-state index >= 15 is 0 Å². The first kappa shape index (κ1) is 22.7. The molecule has 0 aliphatic carbocycles. The molecule has 2 aliphatic rings. The fraction of sp³-hybridized carbons (Fsp3) is 0.435. The van der Waals surface area contributed by atoms with Crippen LogP contribution in [0.25, 0.3) is 10.4 Å². The van der Waals surface area contributed by atoms with Gasteiger partial charge in [-0.05, 0) is 43.6 Å². The number of hydrogen-bond acceptors (Lipinski definition) is 6. The maximum absolute atomic E-state index is 12.6. The fourth-order valence-corrected chi connectivity index (χ4v) is 5.27. The van der Waals surface area contributed by atoms with Crippen molar-refractivity contribution in [2.45, 2.75) is 25.9 Å². The van der Waals surface area contributed by atoms with Gasteiger partial charge in [-0.1, -0.05) is 30.3 Å². The van der Waals surface area contributed by atoms with E-state index in [-0.39, 0.29) is 18.0 Å². The molecule has 1 amide bonds. The molecule has 0 bridgehead atoms. The minimum absolute atomic E-state index is 0.0800. The van der Waals surface area contributed by atoms with Crippen LogP contribution in [0.1, 0.15) is 30.1 Å².